The number of fused-ring (bicyclic) bond motifs is 1. The fourth-order valence-corrected chi connectivity index (χ4v) is 0.858. The molecule has 10 heavy (non-hydrogen) atoms. The van der Waals surface area contributed by atoms with Crippen LogP contribution in [0.15, 0.2) is 29.1 Å². The molecule has 0 bridgehead atoms. The summed E-state index contributed by atoms with van der Waals surface area (Å²) in [6.45, 7) is 0. The topological polar surface area (TPSA) is 26.0 Å². The van der Waals surface area contributed by atoms with Gasteiger partial charge in [-0.1, -0.05) is 0 Å². The van der Waals surface area contributed by atoms with E-state index in [0.717, 1.165) is 0 Å². The summed E-state index contributed by atoms with van der Waals surface area (Å²) in [7, 11) is 0. The zero-order valence-corrected chi connectivity index (χ0v) is 5.04. The quantitative estimate of drug-likeness (QED) is 0.554. The average Bonchev–Trinajstić information content (AvgIpc) is 2.34. The van der Waals surface area contributed by atoms with Crippen molar-refractivity contribution in [3.63, 3.8) is 0 Å². The molecule has 0 amide bonds. The molecule has 0 N–H and O–H groups in total. The molecular weight excluding hydrogens is 133 g/mol. The van der Waals surface area contributed by atoms with Crippen molar-refractivity contribution in [3.05, 3.63) is 30.7 Å². The summed E-state index contributed by atoms with van der Waals surface area (Å²) in [5.41, 5.74) is 0. The smallest absolute Gasteiger partial charge is 0.285 e. The molecule has 0 aliphatic heterocycles. The van der Waals surface area contributed by atoms with Crippen molar-refractivity contribution < 1.29 is 8.81 Å². The Morgan fingerprint density at radius 1 is 1.50 bits per heavy atom. The van der Waals surface area contributed by atoms with Gasteiger partial charge in [-0.3, -0.25) is 4.98 Å². The number of halogens is 1. The van der Waals surface area contributed by atoms with Gasteiger partial charge in [0, 0.05) is 17.8 Å². The second-order valence-electron chi connectivity index (χ2n) is 1.97. The van der Waals surface area contributed by atoms with Gasteiger partial charge in [0.15, 0.2) is 0 Å². The van der Waals surface area contributed by atoms with E-state index < -0.39 is 6.01 Å². The summed E-state index contributed by atoms with van der Waals surface area (Å²) in [6.07, 6.45) is 4.43. The normalized spacial score (nSPS) is 10.5. The van der Waals surface area contributed by atoms with Crippen LogP contribution in [-0.2, 0) is 0 Å². The third kappa shape index (κ3) is 0.603. The summed E-state index contributed by atoms with van der Waals surface area (Å²) < 4.78 is 17.1. The maximum atomic E-state index is 12.6. The molecule has 0 spiro atoms. The lowest BCUT2D eigenvalue weighted by molar-refractivity contribution is 0.366. The Balaban J connectivity index is 2.93. The Morgan fingerprint density at radius 3 is 3.20 bits per heavy atom. The molecule has 0 saturated carbocycles. The zero-order valence-electron chi connectivity index (χ0n) is 5.04. The van der Waals surface area contributed by atoms with Crippen LogP contribution in [0.5, 0.6) is 0 Å². The number of hydrogen-bond acceptors (Lipinski definition) is 2. The van der Waals surface area contributed by atoms with E-state index >= 15 is 0 Å². The first-order chi connectivity index (χ1) is 4.88. The monoisotopic (exact) mass is 137 g/mol. The molecule has 0 saturated heterocycles. The number of nitrogens with zero attached hydrogens (tertiary/aromatic N) is 1. The van der Waals surface area contributed by atoms with Crippen LogP contribution >= 0.6 is 0 Å². The third-order valence-electron chi connectivity index (χ3n) is 1.35. The molecule has 3 heteroatoms. The second kappa shape index (κ2) is 1.80. The molecule has 0 aliphatic rings. The van der Waals surface area contributed by atoms with Gasteiger partial charge in [-0.2, -0.15) is 4.39 Å². The van der Waals surface area contributed by atoms with E-state index in [1.807, 2.05) is 0 Å². The van der Waals surface area contributed by atoms with Crippen LogP contribution in [0.4, 0.5) is 4.39 Å². The van der Waals surface area contributed by atoms with Gasteiger partial charge in [-0.15, -0.1) is 0 Å². The molecule has 2 aromatic heterocycles. The second-order valence-corrected chi connectivity index (χ2v) is 1.97. The van der Waals surface area contributed by atoms with Crippen molar-refractivity contribution in [3.8, 4) is 0 Å². The van der Waals surface area contributed by atoms with Gasteiger partial charge in [0.25, 0.3) is 6.01 Å². The largest absolute Gasteiger partial charge is 0.438 e. The Hall–Kier alpha value is -1.38. The first kappa shape index (κ1) is 5.41. The van der Waals surface area contributed by atoms with Crippen LogP contribution < -0.4 is 0 Å². The molecule has 0 unspecified atom stereocenters. The predicted octanol–water partition coefficient (Wildman–Crippen LogP) is 1.97. The van der Waals surface area contributed by atoms with Crippen molar-refractivity contribution in [2.24, 2.45) is 0 Å². The number of rotatable bonds is 0. The van der Waals surface area contributed by atoms with E-state index in [2.05, 4.69) is 9.40 Å². The first-order valence-corrected chi connectivity index (χ1v) is 2.84. The van der Waals surface area contributed by atoms with Crippen LogP contribution in [-0.4, -0.2) is 4.98 Å². The summed E-state index contributed by atoms with van der Waals surface area (Å²) >= 11 is 0. The lowest BCUT2D eigenvalue weighted by Crippen LogP contribution is -1.69. The van der Waals surface area contributed by atoms with Crippen LogP contribution in [0.3, 0.4) is 0 Å². The Morgan fingerprint density at radius 2 is 2.40 bits per heavy atom. The predicted molar refractivity (Wildman–Crippen MR) is 34.0 cm³/mol. The van der Waals surface area contributed by atoms with Gasteiger partial charge in [0.2, 0.25) is 0 Å². The van der Waals surface area contributed by atoms with E-state index in [1.54, 1.807) is 12.3 Å². The Labute approximate surface area is 56.3 Å². The highest BCUT2D eigenvalue weighted by atomic mass is 19.1. The van der Waals surface area contributed by atoms with Crippen molar-refractivity contribution in [2.45, 2.75) is 0 Å². The molecular formula is C7H4FNO. The van der Waals surface area contributed by atoms with Gasteiger partial charge >= 0.3 is 0 Å². The van der Waals surface area contributed by atoms with Crippen LogP contribution in [0, 0.1) is 6.01 Å². The summed E-state index contributed by atoms with van der Waals surface area (Å²) in [5.74, 6) is 0. The highest BCUT2D eigenvalue weighted by molar-refractivity contribution is 5.80. The van der Waals surface area contributed by atoms with Crippen molar-refractivity contribution in [1.82, 2.24) is 4.98 Å². The number of pyridine rings is 1. The van der Waals surface area contributed by atoms with E-state index in [9.17, 15) is 4.39 Å². The minimum Gasteiger partial charge on any atom is -0.438 e. The fraction of sp³-hybridized carbons (Fsp3) is 0. The van der Waals surface area contributed by atoms with E-state index in [1.165, 1.54) is 12.5 Å². The third-order valence-corrected chi connectivity index (χ3v) is 1.35. The summed E-state index contributed by atoms with van der Waals surface area (Å²) in [5, 5.41) is 1.18. The van der Waals surface area contributed by atoms with Crippen LogP contribution in [0.1, 0.15) is 0 Å². The molecule has 2 aromatic rings. The first-order valence-electron chi connectivity index (χ1n) is 2.84. The maximum absolute atomic E-state index is 12.6. The number of furan rings is 1. The Bertz CT molecular complexity index is 355. The van der Waals surface area contributed by atoms with Crippen molar-refractivity contribution in [1.29, 1.82) is 0 Å². The minimum absolute atomic E-state index is 0.481. The van der Waals surface area contributed by atoms with E-state index in [0.29, 0.717) is 10.8 Å². The summed E-state index contributed by atoms with van der Waals surface area (Å²) in [6, 6.07) is 1.03. The van der Waals surface area contributed by atoms with Crippen molar-refractivity contribution >= 4 is 10.8 Å². The molecule has 50 valence electrons. The highest BCUT2D eigenvalue weighted by Gasteiger charge is 2.01. The SMILES string of the molecule is Fc1occ2cnccc12. The van der Waals surface area contributed by atoms with E-state index in [-0.39, 0.29) is 0 Å². The van der Waals surface area contributed by atoms with Crippen molar-refractivity contribution in [2.75, 3.05) is 0 Å². The Kier molecular flexibility index (Phi) is 0.974. The molecule has 0 atom stereocenters. The average molecular weight is 137 g/mol. The zero-order chi connectivity index (χ0) is 6.97. The van der Waals surface area contributed by atoms with Crippen LogP contribution in [0.25, 0.3) is 10.8 Å². The number of aromatic nitrogens is 1. The molecule has 0 aliphatic carbocycles. The fourth-order valence-electron chi connectivity index (χ4n) is 0.858. The lowest BCUT2D eigenvalue weighted by Gasteiger charge is -1.81. The maximum Gasteiger partial charge on any atom is 0.285 e. The van der Waals surface area contributed by atoms with Gasteiger partial charge in [0.1, 0.15) is 6.26 Å². The van der Waals surface area contributed by atoms with Gasteiger partial charge in [0.05, 0.1) is 5.39 Å². The molecule has 2 heterocycles. The molecule has 2 nitrogen and oxygen atoms in total. The summed E-state index contributed by atoms with van der Waals surface area (Å²) in [4.78, 5) is 3.80. The highest BCUT2D eigenvalue weighted by Crippen LogP contribution is 2.16. The molecule has 0 aromatic carbocycles. The minimum atomic E-state index is -0.544. The van der Waals surface area contributed by atoms with E-state index in [4.69, 9.17) is 0 Å². The van der Waals surface area contributed by atoms with Gasteiger partial charge < -0.3 is 4.42 Å². The molecule has 0 fully saturated rings. The number of hydrogen-bond donors (Lipinski definition) is 0. The molecule has 0 radical (unpaired) electrons. The lowest BCUT2D eigenvalue weighted by atomic mass is 10.3. The molecule has 2 rings (SSSR count). The van der Waals surface area contributed by atoms with Crippen LogP contribution in [0.2, 0.25) is 0 Å². The van der Waals surface area contributed by atoms with Gasteiger partial charge in [-0.05, 0) is 6.07 Å². The van der Waals surface area contributed by atoms with Gasteiger partial charge in [-0.25, -0.2) is 0 Å². The standard InChI is InChI=1S/C7H4FNO/c8-7-6-1-2-9-3-5(6)4-10-7/h1-4H.